The van der Waals surface area contributed by atoms with Crippen molar-refractivity contribution in [3.8, 4) is 0 Å². The second-order valence-electron chi connectivity index (χ2n) is 7.41. The predicted octanol–water partition coefficient (Wildman–Crippen LogP) is 2.38. The second kappa shape index (κ2) is 5.40. The van der Waals surface area contributed by atoms with Gasteiger partial charge in [0.25, 0.3) is 0 Å². The largest absolute Gasteiger partial charge is 0.459 e. The van der Waals surface area contributed by atoms with Crippen LogP contribution in [0.3, 0.4) is 0 Å². The van der Waals surface area contributed by atoms with E-state index in [4.69, 9.17) is 9.47 Å². The lowest BCUT2D eigenvalue weighted by Gasteiger charge is -2.23. The number of nitrogens with zero attached hydrogens (tertiary/aromatic N) is 1. The number of carbonyl (C=O) groups excluding carboxylic acids is 1. The van der Waals surface area contributed by atoms with Gasteiger partial charge in [0.2, 0.25) is 0 Å². The van der Waals surface area contributed by atoms with E-state index in [0.717, 1.165) is 32.2 Å². The van der Waals surface area contributed by atoms with Crippen molar-refractivity contribution in [2.45, 2.75) is 57.3 Å². The fourth-order valence-electron chi connectivity index (χ4n) is 3.94. The zero-order valence-corrected chi connectivity index (χ0v) is 13.6. The van der Waals surface area contributed by atoms with Crippen molar-refractivity contribution in [3.63, 3.8) is 0 Å². The molecule has 1 aliphatic carbocycles. The van der Waals surface area contributed by atoms with Gasteiger partial charge < -0.3 is 14.4 Å². The molecule has 21 heavy (non-hydrogen) atoms. The normalized spacial score (nSPS) is 45.4. The lowest BCUT2D eigenvalue weighted by molar-refractivity contribution is -0.145. The van der Waals surface area contributed by atoms with E-state index < -0.39 is 0 Å². The van der Waals surface area contributed by atoms with E-state index in [-0.39, 0.29) is 35.6 Å². The van der Waals surface area contributed by atoms with Gasteiger partial charge in [-0.25, -0.2) is 0 Å². The highest BCUT2D eigenvalue weighted by atomic mass is 16.6. The summed E-state index contributed by atoms with van der Waals surface area (Å²) in [5.74, 6) is 0.247. The summed E-state index contributed by atoms with van der Waals surface area (Å²) < 4.78 is 11.7. The highest BCUT2D eigenvalue weighted by Gasteiger charge is 2.62. The van der Waals surface area contributed by atoms with Crippen LogP contribution in [0.15, 0.2) is 11.6 Å². The monoisotopic (exact) mass is 293 g/mol. The molecule has 0 spiro atoms. The zero-order chi connectivity index (χ0) is 15.2. The Bertz CT molecular complexity index is 459. The van der Waals surface area contributed by atoms with Crippen LogP contribution < -0.4 is 0 Å². The third-order valence-electron chi connectivity index (χ3n) is 5.30. The maximum atomic E-state index is 12.3. The molecule has 2 saturated heterocycles. The smallest absolute Gasteiger partial charge is 0.311 e. The molecule has 0 aromatic heterocycles. The molecule has 0 bridgehead atoms. The second-order valence-corrected chi connectivity index (χ2v) is 7.41. The number of allylic oxidation sites excluding steroid dienone is 2. The minimum absolute atomic E-state index is 0.00863. The van der Waals surface area contributed by atoms with Crippen LogP contribution in [-0.2, 0) is 14.3 Å². The highest BCUT2D eigenvalue weighted by Crippen LogP contribution is 2.50. The summed E-state index contributed by atoms with van der Waals surface area (Å²) in [5.41, 5.74) is 1.34. The molecule has 0 aromatic carbocycles. The van der Waals surface area contributed by atoms with Crippen molar-refractivity contribution in [3.05, 3.63) is 11.6 Å². The first-order valence-electron chi connectivity index (χ1n) is 8.09. The Kier molecular flexibility index (Phi) is 3.87. The van der Waals surface area contributed by atoms with Crippen LogP contribution in [0.25, 0.3) is 0 Å². The van der Waals surface area contributed by atoms with Gasteiger partial charge in [-0.3, -0.25) is 4.79 Å². The van der Waals surface area contributed by atoms with Crippen LogP contribution >= 0.6 is 0 Å². The first kappa shape index (κ1) is 15.0. The van der Waals surface area contributed by atoms with Crippen molar-refractivity contribution in [1.29, 1.82) is 0 Å². The summed E-state index contributed by atoms with van der Waals surface area (Å²) >= 11 is 0. The average Bonchev–Trinajstić information content (AvgIpc) is 2.97. The van der Waals surface area contributed by atoms with E-state index >= 15 is 0 Å². The Morgan fingerprint density at radius 1 is 1.43 bits per heavy atom. The fraction of sp³-hybridized carbons (Fsp3) is 0.824. The summed E-state index contributed by atoms with van der Waals surface area (Å²) in [6.45, 7) is 5.13. The van der Waals surface area contributed by atoms with E-state index in [1.807, 2.05) is 14.1 Å². The summed E-state index contributed by atoms with van der Waals surface area (Å²) in [6.07, 6.45) is 6.56. The molecule has 3 aliphatic rings. The van der Waals surface area contributed by atoms with Crippen molar-refractivity contribution in [1.82, 2.24) is 4.90 Å². The lowest BCUT2D eigenvalue weighted by atomic mass is 9.80. The van der Waals surface area contributed by atoms with Crippen molar-refractivity contribution >= 4 is 5.97 Å². The van der Waals surface area contributed by atoms with Gasteiger partial charge in [0, 0.05) is 12.5 Å². The molecular weight excluding hydrogens is 266 g/mol. The number of fused-ring (bicyclic) bond motifs is 3. The number of epoxide rings is 1. The summed E-state index contributed by atoms with van der Waals surface area (Å²) in [4.78, 5) is 14.4. The molecule has 4 nitrogen and oxygen atoms in total. The van der Waals surface area contributed by atoms with E-state index in [2.05, 4.69) is 24.8 Å². The molecule has 0 amide bonds. The molecule has 2 aliphatic heterocycles. The number of carbonyl (C=O) groups is 1. The number of ether oxygens (including phenoxy) is 2. The van der Waals surface area contributed by atoms with Crippen LogP contribution in [-0.4, -0.2) is 49.3 Å². The Hall–Kier alpha value is -0.870. The molecule has 0 saturated carbocycles. The SMILES string of the molecule is C/C1=C\CCC2(C)OC2C2OC(=O)C(CN(C)C)C2CC1. The van der Waals surface area contributed by atoms with Crippen molar-refractivity contribution in [2.24, 2.45) is 11.8 Å². The number of rotatable bonds is 2. The molecule has 4 heteroatoms. The highest BCUT2D eigenvalue weighted by molar-refractivity contribution is 5.75. The Labute approximate surface area is 127 Å². The number of hydrogen-bond donors (Lipinski definition) is 0. The van der Waals surface area contributed by atoms with Crippen LogP contribution in [0.2, 0.25) is 0 Å². The van der Waals surface area contributed by atoms with Gasteiger partial charge in [0.05, 0.1) is 11.5 Å². The molecule has 5 atom stereocenters. The zero-order valence-electron chi connectivity index (χ0n) is 13.6. The minimum Gasteiger partial charge on any atom is -0.459 e. The first-order chi connectivity index (χ1) is 9.90. The summed E-state index contributed by atoms with van der Waals surface area (Å²) in [6, 6.07) is 0. The van der Waals surface area contributed by atoms with Gasteiger partial charge in [0.15, 0.2) is 0 Å². The first-order valence-corrected chi connectivity index (χ1v) is 8.09. The molecular formula is C17H27NO3. The van der Waals surface area contributed by atoms with Crippen LogP contribution in [0.5, 0.6) is 0 Å². The molecule has 0 aromatic rings. The number of esters is 1. The van der Waals surface area contributed by atoms with Crippen LogP contribution in [0, 0.1) is 11.8 Å². The van der Waals surface area contributed by atoms with Crippen LogP contribution in [0.1, 0.15) is 39.5 Å². The molecule has 0 N–H and O–H groups in total. The van der Waals surface area contributed by atoms with Gasteiger partial charge >= 0.3 is 5.97 Å². The molecule has 0 radical (unpaired) electrons. The molecule has 5 unspecified atom stereocenters. The molecule has 2 heterocycles. The van der Waals surface area contributed by atoms with Crippen LogP contribution in [0.4, 0.5) is 0 Å². The van der Waals surface area contributed by atoms with Gasteiger partial charge in [-0.1, -0.05) is 11.6 Å². The molecule has 118 valence electrons. The maximum absolute atomic E-state index is 12.3. The molecule has 2 fully saturated rings. The topological polar surface area (TPSA) is 42.1 Å². The van der Waals surface area contributed by atoms with Crippen molar-refractivity contribution < 1.29 is 14.3 Å². The summed E-state index contributed by atoms with van der Waals surface area (Å²) in [7, 11) is 4.04. The Balaban J connectivity index is 1.83. The standard InChI is InChI=1S/C17H27NO3/c1-11-6-5-9-17(2)15(21-17)14-12(8-7-11)13(10-18(3)4)16(19)20-14/h6,12-15H,5,7-10H2,1-4H3/b11-6+. The molecule has 3 rings (SSSR count). The van der Waals surface area contributed by atoms with E-state index in [1.54, 1.807) is 0 Å². The van der Waals surface area contributed by atoms with Gasteiger partial charge in [-0.05, 0) is 53.6 Å². The maximum Gasteiger partial charge on any atom is 0.311 e. The number of hydrogen-bond acceptors (Lipinski definition) is 4. The third-order valence-corrected chi connectivity index (χ3v) is 5.30. The quantitative estimate of drug-likeness (QED) is 0.445. The fourth-order valence-corrected chi connectivity index (χ4v) is 3.94. The van der Waals surface area contributed by atoms with Gasteiger partial charge in [-0.15, -0.1) is 0 Å². The van der Waals surface area contributed by atoms with Crippen molar-refractivity contribution in [2.75, 3.05) is 20.6 Å². The average molecular weight is 293 g/mol. The lowest BCUT2D eigenvalue weighted by Crippen LogP contribution is -2.34. The van der Waals surface area contributed by atoms with Gasteiger partial charge in [0.1, 0.15) is 12.2 Å². The minimum atomic E-state index is -0.0929. The Morgan fingerprint density at radius 3 is 2.90 bits per heavy atom. The van der Waals surface area contributed by atoms with Gasteiger partial charge in [-0.2, -0.15) is 0 Å². The Morgan fingerprint density at radius 2 is 2.19 bits per heavy atom. The van der Waals surface area contributed by atoms with E-state index in [0.29, 0.717) is 0 Å². The van der Waals surface area contributed by atoms with E-state index in [9.17, 15) is 4.79 Å². The van der Waals surface area contributed by atoms with E-state index in [1.165, 1.54) is 5.57 Å². The summed E-state index contributed by atoms with van der Waals surface area (Å²) in [5, 5.41) is 0. The third kappa shape index (κ3) is 2.88. The predicted molar refractivity (Wildman–Crippen MR) is 80.9 cm³/mol.